The summed E-state index contributed by atoms with van der Waals surface area (Å²) in [6.45, 7) is 6.95. The van der Waals surface area contributed by atoms with E-state index >= 15 is 0 Å². The van der Waals surface area contributed by atoms with Crippen molar-refractivity contribution < 1.29 is 4.79 Å². The SMILES string of the molecule is CC(C)(CNC(=O)C1CCNCC1)Cc1cccc(Cl)c1. The molecule has 1 aliphatic heterocycles. The Kier molecular flexibility index (Phi) is 5.65. The van der Waals surface area contributed by atoms with Gasteiger partial charge in [0.05, 0.1) is 0 Å². The van der Waals surface area contributed by atoms with Crippen LogP contribution < -0.4 is 10.6 Å². The lowest BCUT2D eigenvalue weighted by Gasteiger charge is -2.28. The molecule has 2 rings (SSSR count). The molecule has 1 heterocycles. The van der Waals surface area contributed by atoms with E-state index in [4.69, 9.17) is 11.6 Å². The number of benzene rings is 1. The highest BCUT2D eigenvalue weighted by Crippen LogP contribution is 2.23. The van der Waals surface area contributed by atoms with E-state index in [1.165, 1.54) is 5.56 Å². The molecule has 3 nitrogen and oxygen atoms in total. The zero-order valence-corrected chi connectivity index (χ0v) is 13.7. The fraction of sp³-hybridized carbons (Fsp3) is 0.588. The molecule has 0 aromatic heterocycles. The summed E-state index contributed by atoms with van der Waals surface area (Å²) in [6, 6.07) is 7.94. The van der Waals surface area contributed by atoms with E-state index in [1.54, 1.807) is 0 Å². The van der Waals surface area contributed by atoms with E-state index in [1.807, 2.05) is 18.2 Å². The minimum Gasteiger partial charge on any atom is -0.355 e. The van der Waals surface area contributed by atoms with Crippen LogP contribution in [0.5, 0.6) is 0 Å². The van der Waals surface area contributed by atoms with Gasteiger partial charge in [0.2, 0.25) is 5.91 Å². The molecule has 0 unspecified atom stereocenters. The molecule has 0 bridgehead atoms. The van der Waals surface area contributed by atoms with Crippen LogP contribution in [0, 0.1) is 11.3 Å². The molecule has 1 aromatic carbocycles. The third-order valence-electron chi connectivity index (χ3n) is 4.02. The van der Waals surface area contributed by atoms with E-state index < -0.39 is 0 Å². The fourth-order valence-electron chi connectivity index (χ4n) is 2.82. The molecule has 1 fully saturated rings. The summed E-state index contributed by atoms with van der Waals surface area (Å²) in [6.07, 6.45) is 2.79. The number of carbonyl (C=O) groups excluding carboxylic acids is 1. The normalized spacial score (nSPS) is 16.7. The van der Waals surface area contributed by atoms with Crippen LogP contribution in [0.2, 0.25) is 5.02 Å². The molecule has 1 aliphatic rings. The number of hydrogen-bond acceptors (Lipinski definition) is 2. The van der Waals surface area contributed by atoms with Gasteiger partial charge in [0.25, 0.3) is 0 Å². The third-order valence-corrected chi connectivity index (χ3v) is 4.26. The summed E-state index contributed by atoms with van der Waals surface area (Å²) in [4.78, 5) is 12.2. The van der Waals surface area contributed by atoms with Gasteiger partial charge >= 0.3 is 0 Å². The third kappa shape index (κ3) is 5.33. The van der Waals surface area contributed by atoms with Gasteiger partial charge in [-0.25, -0.2) is 0 Å². The van der Waals surface area contributed by atoms with E-state index in [0.29, 0.717) is 6.54 Å². The Morgan fingerprint density at radius 3 is 2.76 bits per heavy atom. The number of nitrogens with one attached hydrogen (secondary N) is 2. The monoisotopic (exact) mass is 308 g/mol. The quantitative estimate of drug-likeness (QED) is 0.878. The number of amides is 1. The Balaban J connectivity index is 1.84. The smallest absolute Gasteiger partial charge is 0.223 e. The van der Waals surface area contributed by atoms with Gasteiger partial charge in [-0.2, -0.15) is 0 Å². The minimum absolute atomic E-state index is 0.0211. The van der Waals surface area contributed by atoms with Crippen LogP contribution in [0.15, 0.2) is 24.3 Å². The first-order valence-corrected chi connectivity index (χ1v) is 8.07. The molecule has 1 aromatic rings. The Labute approximate surface area is 132 Å². The molecule has 0 atom stereocenters. The molecule has 0 radical (unpaired) electrons. The average Bonchev–Trinajstić information content (AvgIpc) is 2.45. The van der Waals surface area contributed by atoms with Crippen molar-refractivity contribution in [3.8, 4) is 0 Å². The maximum absolute atomic E-state index is 12.2. The van der Waals surface area contributed by atoms with Gasteiger partial charge < -0.3 is 10.6 Å². The van der Waals surface area contributed by atoms with Crippen molar-refractivity contribution >= 4 is 17.5 Å². The molecular formula is C17H25ClN2O. The maximum atomic E-state index is 12.2. The number of rotatable bonds is 5. The van der Waals surface area contributed by atoms with Crippen molar-refractivity contribution in [2.45, 2.75) is 33.1 Å². The summed E-state index contributed by atoms with van der Waals surface area (Å²) >= 11 is 6.03. The summed E-state index contributed by atoms with van der Waals surface area (Å²) in [5, 5.41) is 7.18. The van der Waals surface area contributed by atoms with E-state index in [0.717, 1.165) is 37.4 Å². The zero-order chi connectivity index (χ0) is 15.3. The Bertz CT molecular complexity index is 481. The molecule has 1 amide bonds. The Morgan fingerprint density at radius 2 is 2.10 bits per heavy atom. The second kappa shape index (κ2) is 7.28. The van der Waals surface area contributed by atoms with Crippen LogP contribution in [0.3, 0.4) is 0 Å². The van der Waals surface area contributed by atoms with Crippen molar-refractivity contribution in [2.75, 3.05) is 19.6 Å². The highest BCUT2D eigenvalue weighted by molar-refractivity contribution is 6.30. The lowest BCUT2D eigenvalue weighted by Crippen LogP contribution is -2.42. The zero-order valence-electron chi connectivity index (χ0n) is 12.9. The number of hydrogen-bond donors (Lipinski definition) is 2. The van der Waals surface area contributed by atoms with Crippen LogP contribution in [0.1, 0.15) is 32.3 Å². The first kappa shape index (κ1) is 16.3. The maximum Gasteiger partial charge on any atom is 0.223 e. The Hall–Kier alpha value is -1.06. The van der Waals surface area contributed by atoms with E-state index in [9.17, 15) is 4.79 Å². The number of halogens is 1. The van der Waals surface area contributed by atoms with Gasteiger partial charge in [-0.15, -0.1) is 0 Å². The summed E-state index contributed by atoms with van der Waals surface area (Å²) < 4.78 is 0. The summed E-state index contributed by atoms with van der Waals surface area (Å²) in [5.41, 5.74) is 1.23. The molecule has 21 heavy (non-hydrogen) atoms. The topological polar surface area (TPSA) is 41.1 Å². The van der Waals surface area contributed by atoms with Crippen LogP contribution in [0.25, 0.3) is 0 Å². The lowest BCUT2D eigenvalue weighted by atomic mass is 9.85. The number of piperidine rings is 1. The molecule has 4 heteroatoms. The summed E-state index contributed by atoms with van der Waals surface area (Å²) in [7, 11) is 0. The van der Waals surface area contributed by atoms with Crippen LogP contribution >= 0.6 is 11.6 Å². The predicted octanol–water partition coefficient (Wildman–Crippen LogP) is 3.02. The lowest BCUT2D eigenvalue weighted by molar-refractivity contribution is -0.126. The van der Waals surface area contributed by atoms with Crippen molar-refractivity contribution in [2.24, 2.45) is 11.3 Å². The van der Waals surface area contributed by atoms with Crippen molar-refractivity contribution in [1.82, 2.24) is 10.6 Å². The van der Waals surface area contributed by atoms with Crippen LogP contribution in [-0.4, -0.2) is 25.5 Å². The minimum atomic E-state index is 0.0211. The molecular weight excluding hydrogens is 284 g/mol. The standard InChI is InChI=1S/C17H25ClN2O/c1-17(2,11-13-4-3-5-15(18)10-13)12-20-16(21)14-6-8-19-9-7-14/h3-5,10,14,19H,6-9,11-12H2,1-2H3,(H,20,21). The van der Waals surface area contributed by atoms with Crippen molar-refractivity contribution in [3.05, 3.63) is 34.9 Å². The highest BCUT2D eigenvalue weighted by atomic mass is 35.5. The number of carbonyl (C=O) groups is 1. The molecule has 2 N–H and O–H groups in total. The highest BCUT2D eigenvalue weighted by Gasteiger charge is 2.24. The first-order chi connectivity index (χ1) is 9.96. The van der Waals surface area contributed by atoms with Gasteiger partial charge in [0.1, 0.15) is 0 Å². The Morgan fingerprint density at radius 1 is 1.38 bits per heavy atom. The first-order valence-electron chi connectivity index (χ1n) is 7.69. The largest absolute Gasteiger partial charge is 0.355 e. The van der Waals surface area contributed by atoms with Gasteiger partial charge in [0.15, 0.2) is 0 Å². The summed E-state index contributed by atoms with van der Waals surface area (Å²) in [5.74, 6) is 0.379. The van der Waals surface area contributed by atoms with Crippen LogP contribution in [0.4, 0.5) is 0 Å². The average molecular weight is 309 g/mol. The van der Waals surface area contributed by atoms with Gasteiger partial charge in [0, 0.05) is 17.5 Å². The second-order valence-electron chi connectivity index (χ2n) is 6.71. The van der Waals surface area contributed by atoms with E-state index in [-0.39, 0.29) is 17.2 Å². The van der Waals surface area contributed by atoms with Crippen molar-refractivity contribution in [1.29, 1.82) is 0 Å². The molecule has 0 aliphatic carbocycles. The fourth-order valence-corrected chi connectivity index (χ4v) is 3.03. The molecule has 1 saturated heterocycles. The van der Waals surface area contributed by atoms with Gasteiger partial charge in [-0.05, 0) is 55.5 Å². The second-order valence-corrected chi connectivity index (χ2v) is 7.15. The molecule has 0 spiro atoms. The van der Waals surface area contributed by atoms with Gasteiger partial charge in [-0.1, -0.05) is 37.6 Å². The van der Waals surface area contributed by atoms with Crippen LogP contribution in [-0.2, 0) is 11.2 Å². The van der Waals surface area contributed by atoms with E-state index in [2.05, 4.69) is 30.5 Å². The predicted molar refractivity (Wildman–Crippen MR) is 87.5 cm³/mol. The van der Waals surface area contributed by atoms with Gasteiger partial charge in [-0.3, -0.25) is 4.79 Å². The van der Waals surface area contributed by atoms with Crippen molar-refractivity contribution in [3.63, 3.8) is 0 Å². The molecule has 116 valence electrons. The molecule has 0 saturated carbocycles.